The van der Waals surface area contributed by atoms with Gasteiger partial charge in [-0.3, -0.25) is 4.84 Å². The van der Waals surface area contributed by atoms with Gasteiger partial charge in [-0.05, 0) is 18.6 Å². The summed E-state index contributed by atoms with van der Waals surface area (Å²) in [7, 11) is 0. The number of pyridine rings is 1. The first-order chi connectivity index (χ1) is 7.33. The van der Waals surface area contributed by atoms with Crippen molar-refractivity contribution < 1.29 is 4.84 Å². The van der Waals surface area contributed by atoms with Crippen LogP contribution in [-0.4, -0.2) is 24.2 Å². The molecule has 1 aromatic heterocycles. The minimum Gasteiger partial charge on any atom is -0.354 e. The van der Waals surface area contributed by atoms with Crippen LogP contribution in [0.5, 0.6) is 0 Å². The van der Waals surface area contributed by atoms with E-state index in [4.69, 9.17) is 16.0 Å². The average Bonchev–Trinajstić information content (AvgIpc) is 2.78. The molecule has 2 N–H and O–H groups in total. The maximum Gasteiger partial charge on any atom is 0.142 e. The van der Waals surface area contributed by atoms with Gasteiger partial charge in [-0.15, -0.1) is 0 Å². The van der Waals surface area contributed by atoms with Crippen LogP contribution < -0.4 is 10.8 Å². The van der Waals surface area contributed by atoms with Crippen molar-refractivity contribution in [2.45, 2.75) is 12.5 Å². The number of aromatic nitrogens is 1. The number of rotatable bonds is 2. The second-order valence-electron chi connectivity index (χ2n) is 3.49. The van der Waals surface area contributed by atoms with Gasteiger partial charge in [0.1, 0.15) is 17.6 Å². The molecule has 1 atom stereocenters. The highest BCUT2D eigenvalue weighted by molar-refractivity contribution is 5.42. The van der Waals surface area contributed by atoms with Crippen molar-refractivity contribution in [3.8, 4) is 6.07 Å². The number of nitriles is 1. The van der Waals surface area contributed by atoms with Gasteiger partial charge >= 0.3 is 0 Å². The Morgan fingerprint density at radius 2 is 2.47 bits per heavy atom. The van der Waals surface area contributed by atoms with Crippen LogP contribution in [0.4, 0.5) is 5.82 Å². The van der Waals surface area contributed by atoms with Crippen LogP contribution in [-0.2, 0) is 4.84 Å². The Morgan fingerprint density at radius 1 is 1.60 bits per heavy atom. The fourth-order valence-corrected chi connectivity index (χ4v) is 1.71. The molecular formula is C10H12N4O. The standard InChI is InChI=1S/C10H12N4O/c11-6-8-2-1-3-10(13-8)14-5-4-9(7-14)15-12/h1-3,9H,4-5,7,12H2/t9-/m1/s1. The maximum absolute atomic E-state index is 8.73. The lowest BCUT2D eigenvalue weighted by Gasteiger charge is -2.16. The number of nitrogens with zero attached hydrogens (tertiary/aromatic N) is 3. The first-order valence-corrected chi connectivity index (χ1v) is 4.81. The summed E-state index contributed by atoms with van der Waals surface area (Å²) in [4.78, 5) is 11.1. The van der Waals surface area contributed by atoms with Gasteiger partial charge in [0, 0.05) is 13.1 Å². The molecule has 1 aliphatic rings. The zero-order chi connectivity index (χ0) is 10.7. The highest BCUT2D eigenvalue weighted by atomic mass is 16.6. The lowest BCUT2D eigenvalue weighted by atomic mass is 10.3. The number of anilines is 1. The molecule has 0 spiro atoms. The molecule has 1 aliphatic heterocycles. The molecular weight excluding hydrogens is 192 g/mol. The Balaban J connectivity index is 2.14. The van der Waals surface area contributed by atoms with E-state index < -0.39 is 0 Å². The summed E-state index contributed by atoms with van der Waals surface area (Å²) in [5, 5.41) is 8.73. The molecule has 2 heterocycles. The highest BCUT2D eigenvalue weighted by Gasteiger charge is 2.23. The van der Waals surface area contributed by atoms with Crippen LogP contribution in [0.15, 0.2) is 18.2 Å². The summed E-state index contributed by atoms with van der Waals surface area (Å²) in [6, 6.07) is 7.43. The van der Waals surface area contributed by atoms with Crippen LogP contribution in [0.25, 0.3) is 0 Å². The van der Waals surface area contributed by atoms with Crippen molar-refractivity contribution >= 4 is 5.82 Å². The van der Waals surface area contributed by atoms with Gasteiger partial charge in [-0.25, -0.2) is 10.9 Å². The van der Waals surface area contributed by atoms with E-state index >= 15 is 0 Å². The topological polar surface area (TPSA) is 75.2 Å². The quantitative estimate of drug-likeness (QED) is 0.707. The maximum atomic E-state index is 8.73. The molecule has 0 radical (unpaired) electrons. The molecule has 78 valence electrons. The molecule has 0 unspecified atom stereocenters. The van der Waals surface area contributed by atoms with Gasteiger partial charge in [0.15, 0.2) is 0 Å². The molecule has 1 saturated heterocycles. The van der Waals surface area contributed by atoms with E-state index in [0.29, 0.717) is 5.69 Å². The molecule has 0 aromatic carbocycles. The van der Waals surface area contributed by atoms with Gasteiger partial charge in [0.2, 0.25) is 0 Å². The Labute approximate surface area is 88.0 Å². The van der Waals surface area contributed by atoms with Crippen LogP contribution in [0.1, 0.15) is 12.1 Å². The molecule has 2 rings (SSSR count). The minimum atomic E-state index is 0.0672. The molecule has 0 amide bonds. The predicted molar refractivity (Wildman–Crippen MR) is 54.8 cm³/mol. The minimum absolute atomic E-state index is 0.0672. The Hall–Kier alpha value is -1.64. The van der Waals surface area contributed by atoms with E-state index in [1.54, 1.807) is 6.07 Å². The van der Waals surface area contributed by atoms with Gasteiger partial charge in [0.25, 0.3) is 0 Å². The van der Waals surface area contributed by atoms with Crippen LogP contribution in [0.3, 0.4) is 0 Å². The fraction of sp³-hybridized carbons (Fsp3) is 0.400. The molecule has 0 bridgehead atoms. The zero-order valence-electron chi connectivity index (χ0n) is 8.26. The average molecular weight is 204 g/mol. The van der Waals surface area contributed by atoms with E-state index in [1.807, 2.05) is 18.2 Å². The van der Waals surface area contributed by atoms with E-state index in [1.165, 1.54) is 0 Å². The molecule has 1 fully saturated rings. The smallest absolute Gasteiger partial charge is 0.142 e. The van der Waals surface area contributed by atoms with E-state index in [9.17, 15) is 0 Å². The fourth-order valence-electron chi connectivity index (χ4n) is 1.71. The largest absolute Gasteiger partial charge is 0.354 e. The second kappa shape index (κ2) is 4.26. The van der Waals surface area contributed by atoms with Crippen LogP contribution in [0.2, 0.25) is 0 Å². The van der Waals surface area contributed by atoms with Gasteiger partial charge in [-0.1, -0.05) is 6.07 Å². The first kappa shape index (κ1) is 9.90. The monoisotopic (exact) mass is 204 g/mol. The van der Waals surface area contributed by atoms with Crippen molar-refractivity contribution in [2.24, 2.45) is 5.90 Å². The van der Waals surface area contributed by atoms with Crippen molar-refractivity contribution in [2.75, 3.05) is 18.0 Å². The van der Waals surface area contributed by atoms with Crippen LogP contribution in [0, 0.1) is 11.3 Å². The molecule has 5 heteroatoms. The summed E-state index contributed by atoms with van der Waals surface area (Å²) >= 11 is 0. The predicted octanol–water partition coefficient (Wildman–Crippen LogP) is 0.422. The zero-order valence-corrected chi connectivity index (χ0v) is 8.26. The SMILES string of the molecule is N#Cc1cccc(N2CC[C@@H](ON)C2)n1. The van der Waals surface area contributed by atoms with Gasteiger partial charge in [0.05, 0.1) is 6.10 Å². The highest BCUT2D eigenvalue weighted by Crippen LogP contribution is 2.19. The van der Waals surface area contributed by atoms with E-state index in [0.717, 1.165) is 25.3 Å². The van der Waals surface area contributed by atoms with Crippen molar-refractivity contribution in [1.29, 1.82) is 5.26 Å². The third kappa shape index (κ3) is 2.06. The summed E-state index contributed by atoms with van der Waals surface area (Å²) in [6.45, 7) is 1.60. The first-order valence-electron chi connectivity index (χ1n) is 4.81. The summed E-state index contributed by atoms with van der Waals surface area (Å²) in [6.07, 6.45) is 0.965. The Bertz CT molecular complexity index is 387. The second-order valence-corrected chi connectivity index (χ2v) is 3.49. The summed E-state index contributed by atoms with van der Waals surface area (Å²) in [5.41, 5.74) is 0.435. The lowest BCUT2D eigenvalue weighted by molar-refractivity contribution is 0.0690. The van der Waals surface area contributed by atoms with E-state index in [2.05, 4.69) is 9.88 Å². The number of hydrogen-bond acceptors (Lipinski definition) is 5. The third-order valence-electron chi connectivity index (χ3n) is 2.51. The molecule has 0 saturated carbocycles. The third-order valence-corrected chi connectivity index (χ3v) is 2.51. The lowest BCUT2D eigenvalue weighted by Crippen LogP contribution is -2.25. The molecule has 5 nitrogen and oxygen atoms in total. The Kier molecular flexibility index (Phi) is 2.81. The number of nitrogens with two attached hydrogens (primary N) is 1. The summed E-state index contributed by atoms with van der Waals surface area (Å²) < 4.78 is 0. The normalized spacial score (nSPS) is 20.3. The Morgan fingerprint density at radius 3 is 3.13 bits per heavy atom. The van der Waals surface area contributed by atoms with Crippen molar-refractivity contribution in [3.05, 3.63) is 23.9 Å². The number of hydrogen-bond donors (Lipinski definition) is 1. The van der Waals surface area contributed by atoms with Gasteiger partial charge in [-0.2, -0.15) is 5.26 Å². The molecule has 15 heavy (non-hydrogen) atoms. The van der Waals surface area contributed by atoms with Crippen molar-refractivity contribution in [1.82, 2.24) is 4.98 Å². The van der Waals surface area contributed by atoms with E-state index in [-0.39, 0.29) is 6.10 Å². The van der Waals surface area contributed by atoms with Crippen LogP contribution >= 0.6 is 0 Å². The van der Waals surface area contributed by atoms with Gasteiger partial charge < -0.3 is 4.90 Å². The molecule has 0 aliphatic carbocycles. The molecule has 1 aromatic rings. The summed E-state index contributed by atoms with van der Waals surface area (Å²) in [5.74, 6) is 5.94. The van der Waals surface area contributed by atoms with Crippen molar-refractivity contribution in [3.63, 3.8) is 0 Å².